The lowest BCUT2D eigenvalue weighted by atomic mass is 9.79. The summed E-state index contributed by atoms with van der Waals surface area (Å²) in [5.74, 6) is -0.113. The molecule has 1 aromatic carbocycles. The van der Waals surface area contributed by atoms with Gasteiger partial charge in [0.15, 0.2) is 0 Å². The van der Waals surface area contributed by atoms with E-state index in [9.17, 15) is 4.79 Å². The van der Waals surface area contributed by atoms with Crippen LogP contribution in [0.5, 0.6) is 0 Å². The molecule has 1 saturated heterocycles. The Labute approximate surface area is 130 Å². The maximum atomic E-state index is 12.2. The molecule has 1 aromatic heterocycles. The molecule has 0 aliphatic carbocycles. The Bertz CT molecular complexity index is 662. The molecule has 6 heteroatoms. The average molecular weight is 298 g/mol. The minimum atomic E-state index is -0.414. The highest BCUT2D eigenvalue weighted by Gasteiger charge is 2.51. The lowest BCUT2D eigenvalue weighted by molar-refractivity contribution is 0.00578. The van der Waals surface area contributed by atoms with E-state index in [-0.39, 0.29) is 17.1 Å². The fraction of sp³-hybridized carbons (Fsp3) is 0.375. The SMILES string of the molecule is CC1(C)OB(c2ccc(C(=O)n3ccnc3)cc2)OC1(C)C. The number of rotatable bonds is 2. The number of carbonyl (C=O) groups is 1. The van der Waals surface area contributed by atoms with Crippen molar-refractivity contribution in [1.29, 1.82) is 0 Å². The summed E-state index contributed by atoms with van der Waals surface area (Å²) in [6.45, 7) is 8.07. The highest BCUT2D eigenvalue weighted by molar-refractivity contribution is 6.62. The molecule has 0 bridgehead atoms. The summed E-state index contributed by atoms with van der Waals surface area (Å²) >= 11 is 0. The minimum Gasteiger partial charge on any atom is -0.399 e. The standard InChI is InChI=1S/C16H19BN2O3/c1-15(2)16(3,4)22-17(21-15)13-7-5-12(6-8-13)14(20)19-10-9-18-11-19/h5-11H,1-4H3. The van der Waals surface area contributed by atoms with Gasteiger partial charge in [-0.3, -0.25) is 9.36 Å². The first-order valence-electron chi connectivity index (χ1n) is 7.28. The van der Waals surface area contributed by atoms with Crippen LogP contribution in [0.4, 0.5) is 0 Å². The molecule has 0 radical (unpaired) electrons. The van der Waals surface area contributed by atoms with Crippen LogP contribution in [-0.4, -0.2) is 33.8 Å². The van der Waals surface area contributed by atoms with E-state index >= 15 is 0 Å². The van der Waals surface area contributed by atoms with Crippen molar-refractivity contribution in [3.05, 3.63) is 48.5 Å². The summed E-state index contributed by atoms with van der Waals surface area (Å²) in [6.07, 6.45) is 4.70. The van der Waals surface area contributed by atoms with Crippen LogP contribution in [-0.2, 0) is 9.31 Å². The van der Waals surface area contributed by atoms with Crippen LogP contribution in [0.15, 0.2) is 43.0 Å². The zero-order chi connectivity index (χ0) is 16.0. The zero-order valence-electron chi connectivity index (χ0n) is 13.2. The normalized spacial score (nSPS) is 19.4. The molecule has 0 spiro atoms. The van der Waals surface area contributed by atoms with Crippen molar-refractivity contribution in [3.8, 4) is 0 Å². The number of hydrogen-bond donors (Lipinski definition) is 0. The predicted molar refractivity (Wildman–Crippen MR) is 84.1 cm³/mol. The van der Waals surface area contributed by atoms with Crippen molar-refractivity contribution in [2.45, 2.75) is 38.9 Å². The maximum absolute atomic E-state index is 12.2. The maximum Gasteiger partial charge on any atom is 0.494 e. The van der Waals surface area contributed by atoms with E-state index < -0.39 is 7.12 Å². The largest absolute Gasteiger partial charge is 0.494 e. The smallest absolute Gasteiger partial charge is 0.399 e. The van der Waals surface area contributed by atoms with Crippen LogP contribution >= 0.6 is 0 Å². The highest BCUT2D eigenvalue weighted by Crippen LogP contribution is 2.36. The molecule has 0 N–H and O–H groups in total. The number of nitrogens with zero attached hydrogens (tertiary/aromatic N) is 2. The van der Waals surface area contributed by atoms with Gasteiger partial charge in [0, 0.05) is 18.0 Å². The van der Waals surface area contributed by atoms with Crippen molar-refractivity contribution >= 4 is 18.5 Å². The van der Waals surface area contributed by atoms with Gasteiger partial charge in [0.25, 0.3) is 5.91 Å². The van der Waals surface area contributed by atoms with E-state index in [0.29, 0.717) is 5.56 Å². The first-order valence-corrected chi connectivity index (χ1v) is 7.28. The molecule has 2 aromatic rings. The predicted octanol–water partition coefficient (Wildman–Crippen LogP) is 1.87. The van der Waals surface area contributed by atoms with E-state index in [2.05, 4.69) is 4.98 Å². The van der Waals surface area contributed by atoms with E-state index in [1.807, 2.05) is 39.8 Å². The highest BCUT2D eigenvalue weighted by atomic mass is 16.7. The summed E-state index contributed by atoms with van der Waals surface area (Å²) in [5.41, 5.74) is 0.755. The van der Waals surface area contributed by atoms with E-state index in [4.69, 9.17) is 9.31 Å². The first kappa shape index (κ1) is 15.0. The number of imidazole rings is 1. The third kappa shape index (κ3) is 2.49. The van der Waals surface area contributed by atoms with Crippen LogP contribution in [0.1, 0.15) is 38.1 Å². The minimum absolute atomic E-state index is 0.113. The van der Waals surface area contributed by atoms with Crippen molar-refractivity contribution < 1.29 is 14.1 Å². The molecule has 1 aliphatic rings. The summed E-state index contributed by atoms with van der Waals surface area (Å²) < 4.78 is 13.4. The molecule has 0 amide bonds. The van der Waals surface area contributed by atoms with Gasteiger partial charge in [-0.15, -0.1) is 0 Å². The molecule has 22 heavy (non-hydrogen) atoms. The average Bonchev–Trinajstić information content (AvgIpc) is 3.05. The second kappa shape index (κ2) is 5.07. The molecule has 114 valence electrons. The van der Waals surface area contributed by atoms with Crippen molar-refractivity contribution in [2.24, 2.45) is 0 Å². The third-order valence-electron chi connectivity index (χ3n) is 4.42. The Hall–Kier alpha value is -1.92. The molecular weight excluding hydrogens is 279 g/mol. The van der Waals surface area contributed by atoms with Gasteiger partial charge >= 0.3 is 7.12 Å². The van der Waals surface area contributed by atoms with Crippen LogP contribution in [0, 0.1) is 0 Å². The second-order valence-electron chi connectivity index (χ2n) is 6.49. The van der Waals surface area contributed by atoms with Crippen molar-refractivity contribution in [3.63, 3.8) is 0 Å². The molecule has 0 unspecified atom stereocenters. The molecule has 0 saturated carbocycles. The third-order valence-corrected chi connectivity index (χ3v) is 4.42. The Balaban J connectivity index is 1.80. The van der Waals surface area contributed by atoms with Gasteiger partial charge in [-0.2, -0.15) is 0 Å². The van der Waals surface area contributed by atoms with Gasteiger partial charge < -0.3 is 9.31 Å². The fourth-order valence-corrected chi connectivity index (χ4v) is 2.29. The Kier molecular flexibility index (Phi) is 3.46. The quantitative estimate of drug-likeness (QED) is 0.794. The van der Waals surface area contributed by atoms with Crippen LogP contribution in [0.3, 0.4) is 0 Å². The Morgan fingerprint density at radius 3 is 2.18 bits per heavy atom. The van der Waals surface area contributed by atoms with E-state index in [0.717, 1.165) is 5.46 Å². The van der Waals surface area contributed by atoms with Crippen molar-refractivity contribution in [1.82, 2.24) is 9.55 Å². The van der Waals surface area contributed by atoms with Crippen molar-refractivity contribution in [2.75, 3.05) is 0 Å². The molecule has 0 atom stereocenters. The van der Waals surface area contributed by atoms with Crippen LogP contribution in [0.2, 0.25) is 0 Å². The summed E-state index contributed by atoms with van der Waals surface area (Å²) in [6, 6.07) is 7.30. The lowest BCUT2D eigenvalue weighted by Crippen LogP contribution is -2.41. The van der Waals surface area contributed by atoms with Gasteiger partial charge in [-0.25, -0.2) is 4.98 Å². The van der Waals surface area contributed by atoms with Gasteiger partial charge in [0.2, 0.25) is 0 Å². The van der Waals surface area contributed by atoms with Gasteiger partial charge in [-0.05, 0) is 45.3 Å². The molecule has 1 fully saturated rings. The molecule has 3 rings (SSSR count). The molecule has 1 aliphatic heterocycles. The lowest BCUT2D eigenvalue weighted by Gasteiger charge is -2.32. The second-order valence-corrected chi connectivity index (χ2v) is 6.49. The zero-order valence-corrected chi connectivity index (χ0v) is 13.2. The fourth-order valence-electron chi connectivity index (χ4n) is 2.29. The van der Waals surface area contributed by atoms with Gasteiger partial charge in [-0.1, -0.05) is 12.1 Å². The van der Waals surface area contributed by atoms with E-state index in [1.165, 1.54) is 10.9 Å². The number of aromatic nitrogens is 2. The van der Waals surface area contributed by atoms with Gasteiger partial charge in [0.1, 0.15) is 6.33 Å². The summed E-state index contributed by atoms with van der Waals surface area (Å²) in [5, 5.41) is 0. The Morgan fingerprint density at radius 1 is 1.09 bits per heavy atom. The van der Waals surface area contributed by atoms with Crippen LogP contribution in [0.25, 0.3) is 0 Å². The topological polar surface area (TPSA) is 53.4 Å². The molecular formula is C16H19BN2O3. The summed E-state index contributed by atoms with van der Waals surface area (Å²) in [7, 11) is -0.414. The number of hydrogen-bond acceptors (Lipinski definition) is 4. The van der Waals surface area contributed by atoms with Crippen LogP contribution < -0.4 is 5.46 Å². The van der Waals surface area contributed by atoms with E-state index in [1.54, 1.807) is 24.5 Å². The monoisotopic (exact) mass is 298 g/mol. The Morgan fingerprint density at radius 2 is 1.68 bits per heavy atom. The summed E-state index contributed by atoms with van der Waals surface area (Å²) in [4.78, 5) is 16.1. The first-order chi connectivity index (χ1) is 10.3. The molecule has 5 nitrogen and oxygen atoms in total. The number of benzene rings is 1. The van der Waals surface area contributed by atoms with Gasteiger partial charge in [0.05, 0.1) is 11.2 Å². The number of carbonyl (C=O) groups excluding carboxylic acids is 1. The molecule has 2 heterocycles.